The van der Waals surface area contributed by atoms with E-state index in [9.17, 15) is 32.3 Å². The Labute approximate surface area is 236 Å². The van der Waals surface area contributed by atoms with Gasteiger partial charge in [0.15, 0.2) is 18.2 Å². The van der Waals surface area contributed by atoms with E-state index < -0.39 is 47.6 Å². The minimum absolute atomic E-state index is 0.0761. The highest BCUT2D eigenvalue weighted by molar-refractivity contribution is 5.96. The van der Waals surface area contributed by atoms with Crippen LogP contribution in [0.1, 0.15) is 114 Å². The Kier molecular flexibility index (Phi) is 15.2. The second kappa shape index (κ2) is 17.2. The van der Waals surface area contributed by atoms with Crippen molar-refractivity contribution in [2.45, 2.75) is 112 Å². The average molecular weight is 570 g/mol. The first-order valence-corrected chi connectivity index (χ1v) is 14.4. The average Bonchev–Trinajstić information content (AvgIpc) is 2.88. The van der Waals surface area contributed by atoms with Crippen molar-refractivity contribution >= 4 is 23.4 Å². The zero-order chi connectivity index (χ0) is 30.5. The van der Waals surface area contributed by atoms with Crippen LogP contribution in [-0.2, 0) is 25.3 Å². The maximum Gasteiger partial charge on any atom is 0.417 e. The van der Waals surface area contributed by atoms with E-state index in [2.05, 4.69) is 12.2 Å². The van der Waals surface area contributed by atoms with Gasteiger partial charge < -0.3 is 10.1 Å². The lowest BCUT2D eigenvalue weighted by atomic mass is 9.90. The normalized spacial score (nSPS) is 13.9. The molecule has 40 heavy (non-hydrogen) atoms. The van der Waals surface area contributed by atoms with Crippen molar-refractivity contribution in [1.82, 2.24) is 5.32 Å². The number of amides is 1. The van der Waals surface area contributed by atoms with Gasteiger partial charge in [-0.15, -0.1) is 0 Å². The Bertz CT molecular complexity index is 990. The molecule has 1 N–H and O–H groups in total. The number of carbonyl (C=O) groups is 4. The summed E-state index contributed by atoms with van der Waals surface area (Å²) < 4.78 is 44.9. The molecule has 0 aliphatic heterocycles. The number of esters is 1. The summed E-state index contributed by atoms with van der Waals surface area (Å²) in [7, 11) is 0. The van der Waals surface area contributed by atoms with Crippen LogP contribution in [0.5, 0.6) is 0 Å². The largest absolute Gasteiger partial charge is 0.454 e. The minimum atomic E-state index is -4.76. The van der Waals surface area contributed by atoms with Crippen molar-refractivity contribution in [3.63, 3.8) is 0 Å². The molecule has 2 unspecified atom stereocenters. The molecule has 0 aromatic heterocycles. The first-order chi connectivity index (χ1) is 18.7. The van der Waals surface area contributed by atoms with E-state index >= 15 is 0 Å². The van der Waals surface area contributed by atoms with Gasteiger partial charge in [-0.05, 0) is 30.9 Å². The predicted octanol–water partition coefficient (Wildman–Crippen LogP) is 7.25. The Morgan fingerprint density at radius 1 is 0.875 bits per heavy atom. The summed E-state index contributed by atoms with van der Waals surface area (Å²) in [5.41, 5.74) is -1.70. The van der Waals surface area contributed by atoms with Gasteiger partial charge >= 0.3 is 12.1 Å². The Morgan fingerprint density at radius 2 is 1.48 bits per heavy atom. The highest BCUT2D eigenvalue weighted by atomic mass is 19.4. The molecule has 0 bridgehead atoms. The van der Waals surface area contributed by atoms with E-state index in [4.69, 9.17) is 4.74 Å². The fourth-order valence-electron chi connectivity index (χ4n) is 4.52. The number of benzene rings is 1. The molecule has 0 saturated carbocycles. The molecule has 1 amide bonds. The quantitative estimate of drug-likeness (QED) is 0.149. The van der Waals surface area contributed by atoms with Crippen LogP contribution in [0, 0.1) is 24.7 Å². The van der Waals surface area contributed by atoms with Crippen LogP contribution in [-0.4, -0.2) is 36.1 Å². The minimum Gasteiger partial charge on any atom is -0.454 e. The van der Waals surface area contributed by atoms with Crippen molar-refractivity contribution in [1.29, 1.82) is 0 Å². The van der Waals surface area contributed by atoms with E-state index in [1.807, 2.05) is 6.92 Å². The molecular formula is C31H46F3NO5. The third-order valence-corrected chi connectivity index (χ3v) is 7.18. The smallest absolute Gasteiger partial charge is 0.417 e. The molecule has 1 rings (SSSR count). The van der Waals surface area contributed by atoms with Crippen LogP contribution < -0.4 is 5.32 Å². The Hall–Kier alpha value is -2.71. The number of Topliss-reactive ketones (excluding diaryl/α,β-unsaturated/α-hetero) is 2. The fraction of sp³-hybridized carbons (Fsp3) is 0.677. The van der Waals surface area contributed by atoms with Gasteiger partial charge in [0.25, 0.3) is 0 Å². The number of hydrogen-bond acceptors (Lipinski definition) is 5. The summed E-state index contributed by atoms with van der Waals surface area (Å²) in [6.45, 7) is 9.71. The molecular weight excluding hydrogens is 523 g/mol. The highest BCUT2D eigenvalue weighted by Crippen LogP contribution is 2.33. The first-order valence-electron chi connectivity index (χ1n) is 14.4. The lowest BCUT2D eigenvalue weighted by Crippen LogP contribution is -2.47. The Balaban J connectivity index is 2.64. The van der Waals surface area contributed by atoms with Crippen LogP contribution in [0.15, 0.2) is 18.2 Å². The third kappa shape index (κ3) is 11.8. The van der Waals surface area contributed by atoms with Crippen molar-refractivity contribution in [3.8, 4) is 0 Å². The monoisotopic (exact) mass is 569 g/mol. The van der Waals surface area contributed by atoms with Crippen LogP contribution in [0.2, 0.25) is 0 Å². The molecule has 1 aromatic carbocycles. The number of ether oxygens (including phenoxy) is 1. The van der Waals surface area contributed by atoms with E-state index in [1.165, 1.54) is 51.7 Å². The second-order valence-corrected chi connectivity index (χ2v) is 11.2. The topological polar surface area (TPSA) is 89.5 Å². The molecule has 0 aliphatic rings. The number of hydrogen-bond donors (Lipinski definition) is 1. The molecule has 0 heterocycles. The molecule has 6 nitrogen and oxygen atoms in total. The third-order valence-electron chi connectivity index (χ3n) is 7.18. The Morgan fingerprint density at radius 3 is 2.05 bits per heavy atom. The summed E-state index contributed by atoms with van der Waals surface area (Å²) in [5.74, 6) is -3.66. The summed E-state index contributed by atoms with van der Waals surface area (Å²) in [6.07, 6.45) is 3.83. The van der Waals surface area contributed by atoms with Gasteiger partial charge in [-0.3, -0.25) is 14.4 Å². The maximum absolute atomic E-state index is 13.3. The van der Waals surface area contributed by atoms with E-state index in [0.29, 0.717) is 0 Å². The van der Waals surface area contributed by atoms with Crippen molar-refractivity contribution in [3.05, 3.63) is 34.9 Å². The summed E-state index contributed by atoms with van der Waals surface area (Å²) in [6, 6.07) is 2.55. The van der Waals surface area contributed by atoms with Gasteiger partial charge in [0.1, 0.15) is 0 Å². The molecule has 226 valence electrons. The van der Waals surface area contributed by atoms with Gasteiger partial charge in [-0.25, -0.2) is 4.79 Å². The van der Waals surface area contributed by atoms with E-state index in [-0.39, 0.29) is 35.5 Å². The zero-order valence-corrected chi connectivity index (χ0v) is 24.8. The standard InChI is InChI=1S/C31H46F3NO5/c1-7-8-9-10-11-12-13-15-22(5)29(38)35-28(20(2)3)25(36)18-23(6)26(37)19-40-30(39)27-21(4)16-14-17-24(27)31(32,33)34/h14,16-17,20,22-23,28H,7-13,15,18-19H2,1-6H3,(H,35,38)/t22?,23-,28?/m1/s1. The first kappa shape index (κ1) is 35.3. The van der Waals surface area contributed by atoms with E-state index in [0.717, 1.165) is 31.7 Å². The molecule has 3 atom stereocenters. The molecule has 0 saturated heterocycles. The molecule has 1 aromatic rings. The molecule has 0 aliphatic carbocycles. The van der Waals surface area contributed by atoms with Crippen molar-refractivity contribution in [2.24, 2.45) is 17.8 Å². The lowest BCUT2D eigenvalue weighted by Gasteiger charge is -2.24. The number of unbranched alkanes of at least 4 members (excludes halogenated alkanes) is 6. The number of halogens is 3. The van der Waals surface area contributed by atoms with Crippen LogP contribution in [0.4, 0.5) is 13.2 Å². The molecule has 0 radical (unpaired) electrons. The number of rotatable bonds is 18. The van der Waals surface area contributed by atoms with Gasteiger partial charge in [-0.2, -0.15) is 13.2 Å². The van der Waals surface area contributed by atoms with Crippen LogP contribution >= 0.6 is 0 Å². The number of alkyl halides is 3. The van der Waals surface area contributed by atoms with Gasteiger partial charge in [0, 0.05) is 18.3 Å². The van der Waals surface area contributed by atoms with Gasteiger partial charge in [-0.1, -0.05) is 91.7 Å². The van der Waals surface area contributed by atoms with Gasteiger partial charge in [0.05, 0.1) is 17.2 Å². The van der Waals surface area contributed by atoms with Crippen molar-refractivity contribution < 1.29 is 37.1 Å². The lowest BCUT2D eigenvalue weighted by molar-refractivity contribution is -0.138. The van der Waals surface area contributed by atoms with Crippen LogP contribution in [0.25, 0.3) is 0 Å². The number of ketones is 2. The second-order valence-electron chi connectivity index (χ2n) is 11.2. The number of carbonyl (C=O) groups excluding carboxylic acids is 4. The molecule has 0 fully saturated rings. The SMILES string of the molecule is CCCCCCCCCC(C)C(=O)NC(C(=O)C[C@@H](C)C(=O)COC(=O)c1c(C)cccc1C(F)(F)F)C(C)C. The summed E-state index contributed by atoms with van der Waals surface area (Å²) in [5, 5.41) is 2.84. The fourth-order valence-corrected chi connectivity index (χ4v) is 4.52. The zero-order valence-electron chi connectivity index (χ0n) is 24.8. The summed E-state index contributed by atoms with van der Waals surface area (Å²) >= 11 is 0. The van der Waals surface area contributed by atoms with Crippen LogP contribution in [0.3, 0.4) is 0 Å². The summed E-state index contributed by atoms with van der Waals surface area (Å²) in [4.78, 5) is 50.8. The number of aryl methyl sites for hydroxylation is 1. The van der Waals surface area contributed by atoms with Crippen molar-refractivity contribution in [2.75, 3.05) is 6.61 Å². The maximum atomic E-state index is 13.3. The number of nitrogens with one attached hydrogen (secondary N) is 1. The predicted molar refractivity (Wildman–Crippen MR) is 149 cm³/mol. The molecule has 0 spiro atoms. The highest BCUT2D eigenvalue weighted by Gasteiger charge is 2.37. The van der Waals surface area contributed by atoms with Gasteiger partial charge in [0.2, 0.25) is 5.91 Å². The molecule has 9 heteroatoms. The van der Waals surface area contributed by atoms with E-state index in [1.54, 1.807) is 13.8 Å².